The van der Waals surface area contributed by atoms with E-state index in [1.165, 1.54) is 49.0 Å². The normalized spacial score (nSPS) is 36.5. The fourth-order valence-electron chi connectivity index (χ4n) is 13.4. The van der Waals surface area contributed by atoms with Gasteiger partial charge in [0.05, 0.1) is 11.8 Å². The van der Waals surface area contributed by atoms with E-state index in [0.717, 1.165) is 51.4 Å². The average molecular weight is 721 g/mol. The van der Waals surface area contributed by atoms with Crippen LogP contribution in [-0.2, 0) is 25.5 Å². The lowest BCUT2D eigenvalue weighted by atomic mass is 9.34. The zero-order valence-electron chi connectivity index (χ0n) is 34.3. The molecule has 52 heavy (non-hydrogen) atoms. The number of esters is 1. The summed E-state index contributed by atoms with van der Waals surface area (Å²) in [5.74, 6) is 0.852. The van der Waals surface area contributed by atoms with Gasteiger partial charge in [0.1, 0.15) is 11.9 Å². The molecule has 0 heterocycles. The van der Waals surface area contributed by atoms with Crippen LogP contribution in [0.25, 0.3) is 0 Å². The van der Waals surface area contributed by atoms with Crippen LogP contribution in [0.5, 0.6) is 0 Å². The first-order valence-corrected chi connectivity index (χ1v) is 20.6. The number of allylic oxidation sites excluding steroid dienone is 2. The summed E-state index contributed by atoms with van der Waals surface area (Å²) < 4.78 is 18.4. The lowest BCUT2D eigenvalue weighted by molar-refractivity contribution is -0.222. The van der Waals surface area contributed by atoms with Gasteiger partial charge in [-0.3, -0.25) is 14.4 Å². The molecule has 0 saturated heterocycles. The second kappa shape index (κ2) is 14.3. The van der Waals surface area contributed by atoms with Crippen LogP contribution < -0.4 is 0 Å². The first kappa shape index (κ1) is 40.7. The number of ether oxygens (including phenoxy) is 1. The predicted octanol–water partition coefficient (Wildman–Crippen LogP) is 11.6. The van der Waals surface area contributed by atoms with Crippen LogP contribution in [0.1, 0.15) is 159 Å². The zero-order valence-corrected chi connectivity index (χ0v) is 34.3. The van der Waals surface area contributed by atoms with Crippen molar-refractivity contribution in [3.8, 4) is 0 Å². The van der Waals surface area contributed by atoms with Crippen LogP contribution in [0.15, 0.2) is 35.4 Å². The molecular weight excluding hydrogens is 651 g/mol. The van der Waals surface area contributed by atoms with E-state index in [2.05, 4.69) is 55.4 Å². The number of Topliss-reactive ketones (excluding diaryl/α,β-unsaturated/α-hetero) is 1. The van der Waals surface area contributed by atoms with Gasteiger partial charge in [-0.15, -0.1) is 0 Å². The Kier molecular flexibility index (Phi) is 11.2. The Bertz CT molecular complexity index is 1550. The number of hydrogen-bond acceptors (Lipinski definition) is 4. The molecule has 0 aromatic heterocycles. The molecule has 5 nitrogen and oxygen atoms in total. The number of hydrogen-bond donors (Lipinski definition) is 1. The smallest absolute Gasteiger partial charge is 0.309 e. The van der Waals surface area contributed by atoms with E-state index in [9.17, 15) is 23.9 Å². The summed E-state index contributed by atoms with van der Waals surface area (Å²) in [6, 6.07) is 6.57. The zero-order chi connectivity index (χ0) is 38.7. The highest BCUT2D eigenvalue weighted by Crippen LogP contribution is 2.76. The van der Waals surface area contributed by atoms with Gasteiger partial charge in [-0.25, -0.2) is 4.39 Å². The second-order valence-electron chi connectivity index (χ2n) is 20.0. The van der Waals surface area contributed by atoms with Crippen molar-refractivity contribution >= 4 is 17.7 Å². The van der Waals surface area contributed by atoms with Gasteiger partial charge < -0.3 is 9.84 Å². The average Bonchev–Trinajstić information content (AvgIpc) is 3.35. The molecule has 1 aromatic carbocycles. The van der Waals surface area contributed by atoms with Gasteiger partial charge in [-0.2, -0.15) is 0 Å². The Balaban J connectivity index is 0.000000507. The number of ketones is 1. The van der Waals surface area contributed by atoms with E-state index < -0.39 is 11.4 Å². The third-order valence-corrected chi connectivity index (χ3v) is 15.7. The summed E-state index contributed by atoms with van der Waals surface area (Å²) in [7, 11) is 0. The standard InChI is InChI=1S/C38H60O5.C8H9F/c1-11-16-38-20-14-27-36(9)17-12-25-34(6,7)28(43-29(40)22-33(4,5)32(41)42)15-19-35(25,8)26(36)13-18-37(27,10)31(38)30(23(2)3)24(39)21-38;1-2-7-3-5-8(9)6-4-7/h23,25-28H,11-22H2,1-10H3,(H,41,42);3-6H,2H2,1H3/t25-,26?,27?,28?,35?,36?,37?,38?;/m0./s1. The van der Waals surface area contributed by atoms with Crippen LogP contribution in [0.3, 0.4) is 0 Å². The summed E-state index contributed by atoms with van der Waals surface area (Å²) in [5.41, 5.74) is 3.22. The van der Waals surface area contributed by atoms with Crippen molar-refractivity contribution in [3.05, 3.63) is 46.8 Å². The van der Waals surface area contributed by atoms with Crippen LogP contribution in [0, 0.1) is 62.0 Å². The molecule has 0 bridgehead atoms. The molecule has 5 aliphatic carbocycles. The van der Waals surface area contributed by atoms with Crippen LogP contribution in [0.4, 0.5) is 4.39 Å². The molecule has 0 amide bonds. The summed E-state index contributed by atoms with van der Waals surface area (Å²) >= 11 is 0. The number of benzene rings is 1. The van der Waals surface area contributed by atoms with E-state index in [0.29, 0.717) is 23.5 Å². The Hall–Kier alpha value is -2.50. The minimum Gasteiger partial charge on any atom is -0.481 e. The lowest BCUT2D eigenvalue weighted by Crippen LogP contribution is -2.64. The molecule has 7 unspecified atom stereocenters. The van der Waals surface area contributed by atoms with E-state index in [1.54, 1.807) is 31.6 Å². The van der Waals surface area contributed by atoms with Gasteiger partial charge in [-0.05, 0) is 147 Å². The van der Waals surface area contributed by atoms with Crippen molar-refractivity contribution in [3.63, 3.8) is 0 Å². The molecule has 0 radical (unpaired) electrons. The molecular formula is C46H69FO5. The topological polar surface area (TPSA) is 80.7 Å². The first-order chi connectivity index (χ1) is 24.1. The lowest BCUT2D eigenvalue weighted by Gasteiger charge is -2.71. The highest BCUT2D eigenvalue weighted by Gasteiger charge is 2.69. The molecule has 1 N–H and O–H groups in total. The number of rotatable bonds is 8. The van der Waals surface area contributed by atoms with Crippen molar-refractivity contribution in [1.82, 2.24) is 0 Å². The maximum atomic E-state index is 13.6. The second-order valence-corrected chi connectivity index (χ2v) is 20.0. The minimum atomic E-state index is -1.13. The van der Waals surface area contributed by atoms with Crippen molar-refractivity contribution in [2.45, 2.75) is 166 Å². The van der Waals surface area contributed by atoms with Crippen LogP contribution >= 0.6 is 0 Å². The third kappa shape index (κ3) is 6.73. The van der Waals surface area contributed by atoms with Crippen molar-refractivity contribution in [2.24, 2.45) is 56.2 Å². The van der Waals surface area contributed by atoms with Gasteiger partial charge in [0.2, 0.25) is 0 Å². The first-order valence-electron chi connectivity index (χ1n) is 20.6. The van der Waals surface area contributed by atoms with Gasteiger partial charge in [0, 0.05) is 11.8 Å². The van der Waals surface area contributed by atoms with Gasteiger partial charge in [0.25, 0.3) is 0 Å². The molecule has 0 spiro atoms. The fourth-order valence-corrected chi connectivity index (χ4v) is 13.4. The highest BCUT2D eigenvalue weighted by molar-refractivity contribution is 6.00. The molecule has 5 aliphatic rings. The number of carbonyl (C=O) groups excluding carboxylic acids is 2. The van der Waals surface area contributed by atoms with Crippen molar-refractivity contribution < 1.29 is 28.6 Å². The Labute approximate surface area is 314 Å². The maximum Gasteiger partial charge on any atom is 0.309 e. The molecule has 4 fully saturated rings. The van der Waals surface area contributed by atoms with Crippen LogP contribution in [0.2, 0.25) is 0 Å². The monoisotopic (exact) mass is 721 g/mol. The molecule has 1 aromatic rings. The molecule has 6 heteroatoms. The third-order valence-electron chi connectivity index (χ3n) is 15.7. The van der Waals surface area contributed by atoms with Gasteiger partial charge >= 0.3 is 11.9 Å². The Morgan fingerprint density at radius 3 is 2.04 bits per heavy atom. The summed E-state index contributed by atoms with van der Waals surface area (Å²) in [6.45, 7) is 24.3. The maximum absolute atomic E-state index is 13.6. The number of halogens is 1. The van der Waals surface area contributed by atoms with Gasteiger partial charge in [-0.1, -0.05) is 86.4 Å². The predicted molar refractivity (Wildman–Crippen MR) is 206 cm³/mol. The van der Waals surface area contributed by atoms with Gasteiger partial charge in [0.15, 0.2) is 5.78 Å². The molecule has 0 aliphatic heterocycles. The number of aliphatic carboxylic acids is 1. The molecule has 8 atom stereocenters. The number of fused-ring (bicyclic) bond motifs is 7. The highest BCUT2D eigenvalue weighted by atomic mass is 19.1. The Morgan fingerprint density at radius 2 is 1.46 bits per heavy atom. The SMILES string of the molecule is CCCC12CCC3C(C)(CCC4C3(C)CC[C@H]3C(C)(C)C(OC(=O)CC(C)(C)C(=O)O)CCC43C)C1=C(C(C)C)C(=O)C2.CCc1ccc(F)cc1. The van der Waals surface area contributed by atoms with E-state index in [1.807, 2.05) is 6.92 Å². The number of carbonyl (C=O) groups is 3. The van der Waals surface area contributed by atoms with E-state index in [-0.39, 0.29) is 57.3 Å². The minimum absolute atomic E-state index is 0.0835. The van der Waals surface area contributed by atoms with E-state index >= 15 is 0 Å². The summed E-state index contributed by atoms with van der Waals surface area (Å²) in [6.07, 6.45) is 12.7. The molecule has 6 rings (SSSR count). The molecule has 4 saturated carbocycles. The number of carboxylic acid groups (broad SMARTS) is 1. The summed E-state index contributed by atoms with van der Waals surface area (Å²) in [5, 5.41) is 9.54. The number of aryl methyl sites for hydroxylation is 1. The quantitative estimate of drug-likeness (QED) is 0.270. The van der Waals surface area contributed by atoms with Crippen molar-refractivity contribution in [2.75, 3.05) is 0 Å². The molecule has 290 valence electrons. The Morgan fingerprint density at radius 1 is 0.885 bits per heavy atom. The number of carboxylic acids is 1. The van der Waals surface area contributed by atoms with Crippen LogP contribution in [-0.4, -0.2) is 28.9 Å². The largest absolute Gasteiger partial charge is 0.481 e. The van der Waals surface area contributed by atoms with E-state index in [4.69, 9.17) is 4.74 Å². The summed E-state index contributed by atoms with van der Waals surface area (Å²) in [4.78, 5) is 38.3. The van der Waals surface area contributed by atoms with Crippen molar-refractivity contribution in [1.29, 1.82) is 0 Å². The fraction of sp³-hybridized carbons (Fsp3) is 0.761.